The average molecular weight is 729 g/mol. The Hall–Kier alpha value is -6.54. The Morgan fingerprint density at radius 2 is 0.782 bits per heavy atom. The molecule has 0 saturated heterocycles. The van der Waals surface area contributed by atoms with Gasteiger partial charge in [-0.2, -0.15) is 9.13 Å². The minimum atomic E-state index is 0.667. The highest BCUT2D eigenvalue weighted by Crippen LogP contribution is 2.36. The molecule has 0 saturated carbocycles. The maximum Gasteiger partial charge on any atom is 0.220 e. The molecule has 2 aromatic heterocycles. The summed E-state index contributed by atoms with van der Waals surface area (Å²) in [4.78, 5) is 0. The summed E-state index contributed by atoms with van der Waals surface area (Å²) in [6.45, 7) is 1.33. The fourth-order valence-electron chi connectivity index (χ4n) is 7.97. The van der Waals surface area contributed by atoms with Gasteiger partial charge in [-0.25, -0.2) is 0 Å². The zero-order valence-electron chi connectivity index (χ0n) is 31.5. The number of anilines is 4. The molecule has 8 N–H and O–H groups in total. The number of hydrogen-bond acceptors (Lipinski definition) is 6. The van der Waals surface area contributed by atoms with Gasteiger partial charge >= 0.3 is 0 Å². The molecule has 0 aliphatic carbocycles. The van der Waals surface area contributed by atoms with Gasteiger partial charge in [0, 0.05) is 45.7 Å². The van der Waals surface area contributed by atoms with Gasteiger partial charge in [0.2, 0.25) is 22.4 Å². The van der Waals surface area contributed by atoms with Crippen molar-refractivity contribution in [2.24, 2.45) is 14.1 Å². The van der Waals surface area contributed by atoms with Gasteiger partial charge in [-0.05, 0) is 97.8 Å². The Balaban J connectivity index is 0.858. The van der Waals surface area contributed by atoms with Crippen LogP contribution in [0.5, 0.6) is 11.5 Å². The Kier molecular flexibility index (Phi) is 9.72. The second kappa shape index (κ2) is 15.1. The first-order chi connectivity index (χ1) is 26.7. The number of pyridine rings is 2. The highest BCUT2D eigenvalue weighted by Gasteiger charge is 2.23. The van der Waals surface area contributed by atoms with E-state index in [1.165, 1.54) is 0 Å². The molecule has 55 heavy (non-hydrogen) atoms. The molecule has 0 bridgehead atoms. The largest absolute Gasteiger partial charge is 0.494 e. The summed E-state index contributed by atoms with van der Waals surface area (Å²) in [5.74, 6) is 1.71. The number of nitrogens with zero attached hydrogens (tertiary/aromatic N) is 2. The van der Waals surface area contributed by atoms with Crippen molar-refractivity contribution >= 4 is 66.1 Å². The van der Waals surface area contributed by atoms with Crippen LogP contribution in [0.3, 0.4) is 0 Å². The fraction of sp³-hybridized carbons (Fsp3) is 0.191. The van der Waals surface area contributed by atoms with Crippen LogP contribution in [0, 0.1) is 0 Å². The number of benzene rings is 6. The van der Waals surface area contributed by atoms with Crippen molar-refractivity contribution in [3.8, 4) is 34.0 Å². The zero-order chi connectivity index (χ0) is 38.1. The third-order valence-electron chi connectivity index (χ3n) is 10.7. The lowest BCUT2D eigenvalue weighted by atomic mass is 9.98. The summed E-state index contributed by atoms with van der Waals surface area (Å²) in [5.41, 5.74) is 34.3. The van der Waals surface area contributed by atoms with Gasteiger partial charge in [-0.1, -0.05) is 43.5 Å². The van der Waals surface area contributed by atoms with Crippen molar-refractivity contribution in [3.63, 3.8) is 0 Å². The molecule has 0 unspecified atom stereocenters. The lowest BCUT2D eigenvalue weighted by molar-refractivity contribution is -0.632. The summed E-state index contributed by atoms with van der Waals surface area (Å²) in [6.07, 6.45) is 5.30. The van der Waals surface area contributed by atoms with E-state index in [0.29, 0.717) is 13.2 Å². The van der Waals surface area contributed by atoms with Crippen LogP contribution in [-0.4, -0.2) is 13.2 Å². The van der Waals surface area contributed by atoms with Crippen LogP contribution in [0.15, 0.2) is 121 Å². The van der Waals surface area contributed by atoms with E-state index in [0.717, 1.165) is 132 Å². The SMILES string of the molecule is C[n+]1c(-c2cccc(OCCCCCCCOc3cccc(-c4c5cc(N)ccc5c5ccc(N)cc5[n+]4C)c3)c2)c2cc(N)ccc2c2ccc(N)cc21. The second-order valence-corrected chi connectivity index (χ2v) is 14.5. The number of nitrogen functional groups attached to an aromatic ring is 4. The topological polar surface area (TPSA) is 130 Å². The number of ether oxygens (including phenoxy) is 2. The molecule has 8 nitrogen and oxygen atoms in total. The van der Waals surface area contributed by atoms with Gasteiger partial charge in [0.05, 0.1) is 45.9 Å². The maximum absolute atomic E-state index is 6.28. The van der Waals surface area contributed by atoms with Gasteiger partial charge in [-0.3, -0.25) is 0 Å². The van der Waals surface area contributed by atoms with Crippen LogP contribution in [0.25, 0.3) is 65.9 Å². The van der Waals surface area contributed by atoms with E-state index in [1.54, 1.807) is 0 Å². The smallest absolute Gasteiger partial charge is 0.220 e. The zero-order valence-corrected chi connectivity index (χ0v) is 31.5. The summed E-state index contributed by atoms with van der Waals surface area (Å²) < 4.78 is 16.9. The van der Waals surface area contributed by atoms with Crippen molar-refractivity contribution in [2.75, 3.05) is 36.1 Å². The quantitative estimate of drug-likeness (QED) is 0.0430. The molecule has 0 aliphatic rings. The highest BCUT2D eigenvalue weighted by molar-refractivity contribution is 6.11. The van der Waals surface area contributed by atoms with Crippen molar-refractivity contribution < 1.29 is 18.6 Å². The summed E-state index contributed by atoms with van der Waals surface area (Å²) in [7, 11) is 4.16. The second-order valence-electron chi connectivity index (χ2n) is 14.5. The third kappa shape index (κ3) is 7.11. The molecule has 8 aromatic rings. The van der Waals surface area contributed by atoms with Gasteiger partial charge < -0.3 is 32.4 Å². The number of rotatable bonds is 12. The van der Waals surface area contributed by atoms with Gasteiger partial charge in [0.1, 0.15) is 25.6 Å². The lowest BCUT2D eigenvalue weighted by Gasteiger charge is -2.12. The predicted octanol–water partition coefficient (Wildman–Crippen LogP) is 9.02. The Morgan fingerprint density at radius 3 is 1.22 bits per heavy atom. The molecule has 0 radical (unpaired) electrons. The van der Waals surface area contributed by atoms with E-state index < -0.39 is 0 Å². The van der Waals surface area contributed by atoms with E-state index in [1.807, 2.05) is 48.5 Å². The molecule has 2 heterocycles. The van der Waals surface area contributed by atoms with E-state index >= 15 is 0 Å². The molecule has 8 rings (SSSR count). The first-order valence-corrected chi connectivity index (χ1v) is 19.0. The molecular formula is C47H48N6O2+2. The van der Waals surface area contributed by atoms with Crippen LogP contribution >= 0.6 is 0 Å². The first kappa shape index (κ1) is 35.5. The van der Waals surface area contributed by atoms with Crippen LogP contribution in [0.2, 0.25) is 0 Å². The van der Waals surface area contributed by atoms with E-state index in [4.69, 9.17) is 32.4 Å². The highest BCUT2D eigenvalue weighted by atomic mass is 16.5. The maximum atomic E-state index is 6.28. The standard InChI is InChI=1S/C47H46N6O2/c1-52-44-28-34(50)16-20-40(44)38-18-14-32(48)26-42(38)46(52)30-10-8-12-36(24-30)54-22-6-4-3-5-7-23-55-37-13-9-11-31(25-37)47-43-27-33(49)15-19-39(43)41-21-17-35(51)29-45(41)53(47)2/h8-21,24-29,50-51H,3-7,22-23,48-49H2,1-2H3/p+2. The van der Waals surface area contributed by atoms with Crippen LogP contribution in [0.4, 0.5) is 22.7 Å². The van der Waals surface area contributed by atoms with Crippen molar-refractivity contribution in [2.45, 2.75) is 32.1 Å². The van der Waals surface area contributed by atoms with E-state index in [9.17, 15) is 0 Å². The van der Waals surface area contributed by atoms with Crippen molar-refractivity contribution in [3.05, 3.63) is 121 Å². The number of aryl methyl sites for hydroxylation is 2. The minimum Gasteiger partial charge on any atom is -0.494 e. The first-order valence-electron chi connectivity index (χ1n) is 19.0. The predicted molar refractivity (Wildman–Crippen MR) is 228 cm³/mol. The number of fused-ring (bicyclic) bond motifs is 6. The van der Waals surface area contributed by atoms with Crippen LogP contribution in [-0.2, 0) is 14.1 Å². The number of nitrogens with two attached hydrogens (primary N) is 4. The van der Waals surface area contributed by atoms with E-state index in [-0.39, 0.29) is 0 Å². The number of aromatic nitrogens is 2. The van der Waals surface area contributed by atoms with Crippen LogP contribution in [0.1, 0.15) is 32.1 Å². The van der Waals surface area contributed by atoms with Gasteiger partial charge in [-0.15, -0.1) is 0 Å². The average Bonchev–Trinajstić information content (AvgIpc) is 3.18. The molecule has 0 spiro atoms. The summed E-state index contributed by atoms with van der Waals surface area (Å²) in [5, 5.41) is 6.76. The number of hydrogen-bond donors (Lipinski definition) is 4. The molecule has 8 heteroatoms. The van der Waals surface area contributed by atoms with Crippen molar-refractivity contribution in [1.29, 1.82) is 0 Å². The number of unbranched alkanes of at least 4 members (excludes halogenated alkanes) is 4. The fourth-order valence-corrected chi connectivity index (χ4v) is 7.97. The Labute approximate surface area is 321 Å². The van der Waals surface area contributed by atoms with Crippen LogP contribution < -0.4 is 41.5 Å². The molecule has 0 amide bonds. The normalized spacial score (nSPS) is 11.5. The molecule has 0 aliphatic heterocycles. The Bertz CT molecular complexity index is 2540. The summed E-state index contributed by atoms with van der Waals surface area (Å²) >= 11 is 0. The minimum absolute atomic E-state index is 0.667. The molecule has 276 valence electrons. The van der Waals surface area contributed by atoms with Gasteiger partial charge in [0.25, 0.3) is 0 Å². The van der Waals surface area contributed by atoms with Gasteiger partial charge in [0.15, 0.2) is 0 Å². The molecule has 6 aromatic carbocycles. The lowest BCUT2D eigenvalue weighted by Crippen LogP contribution is -2.32. The summed E-state index contributed by atoms with van der Waals surface area (Å²) in [6, 6.07) is 41.0. The monoisotopic (exact) mass is 728 g/mol. The van der Waals surface area contributed by atoms with Crippen molar-refractivity contribution in [1.82, 2.24) is 0 Å². The third-order valence-corrected chi connectivity index (χ3v) is 10.7. The Morgan fingerprint density at radius 1 is 0.400 bits per heavy atom. The molecule has 0 fully saturated rings. The molecular weight excluding hydrogens is 681 g/mol. The molecule has 0 atom stereocenters. The van der Waals surface area contributed by atoms with E-state index in [2.05, 4.69) is 96.0 Å².